The molecule has 7 aromatic rings. The Balaban J connectivity index is 1.59. The normalized spacial score (nSPS) is 15.0. The summed E-state index contributed by atoms with van der Waals surface area (Å²) in [5, 5.41) is 3.38. The molecule has 6 aromatic carbocycles. The average Bonchev–Trinajstić information content (AvgIpc) is 3.42. The molecule has 1 aromatic heterocycles. The van der Waals surface area contributed by atoms with Crippen molar-refractivity contribution in [3.63, 3.8) is 0 Å². The number of aromatic nitrogens is 2. The smallest absolute Gasteiger partial charge is 0.111 e. The number of para-hydroxylation sites is 2. The van der Waals surface area contributed by atoms with E-state index in [1.807, 2.05) is 91.0 Å². The minimum atomic E-state index is -2.47. The molecule has 2 nitrogen and oxygen atoms in total. The van der Waals surface area contributed by atoms with Gasteiger partial charge in [-0.2, -0.15) is 0 Å². The second-order valence-electron chi connectivity index (χ2n) is 8.66. The van der Waals surface area contributed by atoms with Crippen molar-refractivity contribution in [1.29, 1.82) is 0 Å². The number of aryl methyl sites for hydroxylation is 1. The van der Waals surface area contributed by atoms with Crippen molar-refractivity contribution in [1.82, 2.24) is 9.55 Å². The molecule has 0 unspecified atom stereocenters. The highest BCUT2D eigenvalue weighted by Crippen LogP contribution is 2.42. The fourth-order valence-corrected chi connectivity index (χ4v) is 5.13. The van der Waals surface area contributed by atoms with Gasteiger partial charge in [0.05, 0.1) is 23.6 Å². The summed E-state index contributed by atoms with van der Waals surface area (Å²) in [5.41, 5.74) is 4.29. The first-order chi connectivity index (χ1) is 21.1. The molecule has 0 spiro atoms. The van der Waals surface area contributed by atoms with Crippen LogP contribution in [0.2, 0.25) is 0 Å². The molecule has 0 aliphatic carbocycles. The molecular weight excluding hydrogens is 436 g/mol. The summed E-state index contributed by atoms with van der Waals surface area (Å²) in [5.74, 6) is -0.0232. The van der Waals surface area contributed by atoms with Gasteiger partial charge in [-0.15, -0.1) is 0 Å². The van der Waals surface area contributed by atoms with Crippen molar-refractivity contribution in [3.05, 3.63) is 133 Å². The summed E-state index contributed by atoms with van der Waals surface area (Å²) in [6, 6.07) is 28.6. The lowest BCUT2D eigenvalue weighted by Gasteiger charge is -2.19. The fraction of sp³-hybridized carbons (Fsp3) is 0.0294. The Hall–Kier alpha value is -4.69. The predicted octanol–water partition coefficient (Wildman–Crippen LogP) is 8.97. The second kappa shape index (κ2) is 8.21. The van der Waals surface area contributed by atoms with Crippen LogP contribution in [0.1, 0.15) is 16.8 Å². The molecule has 1 heterocycles. The lowest BCUT2D eigenvalue weighted by Crippen LogP contribution is -2.01. The molecule has 0 amide bonds. The molecule has 7 rings (SSSR count). The van der Waals surface area contributed by atoms with Gasteiger partial charge in [-0.05, 0) is 58.1 Å². The van der Waals surface area contributed by atoms with Gasteiger partial charge >= 0.3 is 0 Å². The van der Waals surface area contributed by atoms with Gasteiger partial charge in [-0.3, -0.25) is 4.57 Å². The largest absolute Gasteiger partial charge is 0.295 e. The predicted molar refractivity (Wildman–Crippen MR) is 152 cm³/mol. The summed E-state index contributed by atoms with van der Waals surface area (Å²) < 4.78 is 68.2. The van der Waals surface area contributed by atoms with Crippen molar-refractivity contribution in [3.8, 4) is 27.9 Å². The maximum atomic E-state index is 8.53. The Kier molecular flexibility index (Phi) is 3.20. The van der Waals surface area contributed by atoms with Crippen LogP contribution >= 0.6 is 0 Å². The van der Waals surface area contributed by atoms with Crippen LogP contribution in [0.25, 0.3) is 60.5 Å². The quantitative estimate of drug-likeness (QED) is 0.237. The molecule has 0 fully saturated rings. The van der Waals surface area contributed by atoms with Gasteiger partial charge in [0.25, 0.3) is 0 Å². The van der Waals surface area contributed by atoms with Gasteiger partial charge in [0.2, 0.25) is 0 Å². The molecule has 0 saturated heterocycles. The number of fused-ring (bicyclic) bond motifs is 3. The summed E-state index contributed by atoms with van der Waals surface area (Å²) in [7, 11) is 0. The van der Waals surface area contributed by atoms with Gasteiger partial charge < -0.3 is 0 Å². The first kappa shape index (κ1) is 14.0. The molecule has 0 N–H and O–H groups in total. The monoisotopic (exact) mass is 468 g/mol. The van der Waals surface area contributed by atoms with E-state index < -0.39 is 12.9 Å². The van der Waals surface area contributed by atoms with E-state index in [2.05, 4.69) is 4.98 Å². The van der Waals surface area contributed by atoms with Crippen LogP contribution in [0.4, 0.5) is 0 Å². The van der Waals surface area contributed by atoms with Crippen LogP contribution in [-0.4, -0.2) is 9.55 Å². The maximum Gasteiger partial charge on any atom is 0.111 e. The molecule has 2 heteroatoms. The zero-order valence-electron chi connectivity index (χ0n) is 27.1. The van der Waals surface area contributed by atoms with Crippen molar-refractivity contribution in [2.24, 2.45) is 0 Å². The highest BCUT2D eigenvalue weighted by atomic mass is 15.1. The molecular formula is C34H24N2. The van der Waals surface area contributed by atoms with E-state index in [0.29, 0.717) is 22.3 Å². The van der Waals surface area contributed by atoms with Gasteiger partial charge in [-0.1, -0.05) is 109 Å². The average molecular weight is 469 g/mol. The highest BCUT2D eigenvalue weighted by molar-refractivity contribution is 6.18. The highest BCUT2D eigenvalue weighted by Gasteiger charge is 2.19. The molecule has 0 aliphatic rings. The molecule has 36 heavy (non-hydrogen) atoms. The molecule has 0 saturated carbocycles. The van der Waals surface area contributed by atoms with E-state index >= 15 is 0 Å². The Labute approximate surface area is 221 Å². The van der Waals surface area contributed by atoms with Crippen molar-refractivity contribution >= 4 is 32.6 Å². The lowest BCUT2D eigenvalue weighted by atomic mass is 9.89. The summed E-state index contributed by atoms with van der Waals surface area (Å²) in [4.78, 5) is 4.56. The topological polar surface area (TPSA) is 17.8 Å². The van der Waals surface area contributed by atoms with Crippen LogP contribution in [0.3, 0.4) is 0 Å². The second-order valence-corrected chi connectivity index (χ2v) is 8.66. The van der Waals surface area contributed by atoms with E-state index in [9.17, 15) is 0 Å². The summed E-state index contributed by atoms with van der Waals surface area (Å²) in [6.45, 7) is -2.47. The Morgan fingerprint density at radius 1 is 0.639 bits per heavy atom. The summed E-state index contributed by atoms with van der Waals surface area (Å²) in [6.07, 6.45) is 0. The van der Waals surface area contributed by atoms with Crippen LogP contribution in [-0.2, 0) is 0 Å². The van der Waals surface area contributed by atoms with Gasteiger partial charge in [-0.25, -0.2) is 4.98 Å². The molecule has 0 aliphatic heterocycles. The lowest BCUT2D eigenvalue weighted by molar-refractivity contribution is 1.02. The number of rotatable bonds is 3. The SMILES string of the molecule is [2H]c1c([2H])c([2H])c(-c2cccc(-c3c4ccccc4c(-n4c(C([2H])([2H])[2H])nc5ccccc54)c4ccccc34)c2)c([2H])c1[2H]. The first-order valence-electron chi connectivity index (χ1n) is 15.7. The third-order valence-corrected chi connectivity index (χ3v) is 6.63. The number of nitrogens with zero attached hydrogens (tertiary/aromatic N) is 2. The van der Waals surface area contributed by atoms with E-state index in [1.165, 1.54) is 0 Å². The van der Waals surface area contributed by atoms with E-state index in [1.54, 1.807) is 10.6 Å². The van der Waals surface area contributed by atoms with Crippen LogP contribution < -0.4 is 0 Å². The third kappa shape index (κ3) is 3.15. The van der Waals surface area contributed by atoms with Crippen LogP contribution in [0.5, 0.6) is 0 Å². The van der Waals surface area contributed by atoms with Crippen molar-refractivity contribution in [2.75, 3.05) is 0 Å². The zero-order chi connectivity index (χ0) is 30.9. The first-order valence-corrected chi connectivity index (χ1v) is 11.7. The minimum Gasteiger partial charge on any atom is -0.295 e. The Bertz CT molecular complexity index is 2200. The number of hydrogen-bond acceptors (Lipinski definition) is 1. The molecule has 0 atom stereocenters. The summed E-state index contributed by atoms with van der Waals surface area (Å²) >= 11 is 0. The number of hydrogen-bond donors (Lipinski definition) is 0. The van der Waals surface area contributed by atoms with Crippen molar-refractivity contribution in [2.45, 2.75) is 6.85 Å². The van der Waals surface area contributed by atoms with Crippen LogP contribution in [0.15, 0.2) is 127 Å². The maximum absolute atomic E-state index is 8.53. The van der Waals surface area contributed by atoms with E-state index in [4.69, 9.17) is 11.0 Å². The number of imidazole rings is 1. The van der Waals surface area contributed by atoms with Crippen molar-refractivity contribution < 1.29 is 11.0 Å². The van der Waals surface area contributed by atoms with Gasteiger partial charge in [0.15, 0.2) is 0 Å². The van der Waals surface area contributed by atoms with Crippen LogP contribution in [0, 0.1) is 6.85 Å². The number of benzene rings is 6. The molecule has 0 radical (unpaired) electrons. The van der Waals surface area contributed by atoms with Gasteiger partial charge in [0.1, 0.15) is 5.82 Å². The van der Waals surface area contributed by atoms with E-state index in [-0.39, 0.29) is 35.6 Å². The third-order valence-electron chi connectivity index (χ3n) is 6.63. The Morgan fingerprint density at radius 3 is 2.00 bits per heavy atom. The molecule has 0 bridgehead atoms. The zero-order valence-corrected chi connectivity index (χ0v) is 19.1. The standard InChI is InChI=1S/C34H24N2/c1-23-35-31-20-9-10-21-32(31)36(23)34-29-18-7-5-16-27(29)33(28-17-6-8-19-30(28)34)26-15-11-14-25(22-26)24-12-3-2-4-13-24/h2-22H,1H3/i1D3,2D,3D,4D,12D,13D. The fourth-order valence-electron chi connectivity index (χ4n) is 5.13. The molecule has 170 valence electrons. The minimum absolute atomic E-state index is 0.0232. The Morgan fingerprint density at radius 2 is 1.28 bits per heavy atom. The van der Waals surface area contributed by atoms with E-state index in [0.717, 1.165) is 32.7 Å². The van der Waals surface area contributed by atoms with Gasteiger partial charge in [0, 0.05) is 14.9 Å².